The van der Waals surface area contributed by atoms with Gasteiger partial charge in [0.05, 0.1) is 13.2 Å². The Balaban J connectivity index is 1.63. The van der Waals surface area contributed by atoms with Crippen LogP contribution in [0.4, 0.5) is 0 Å². The minimum Gasteiger partial charge on any atom is -0.376 e. The van der Waals surface area contributed by atoms with E-state index < -0.39 is 0 Å². The molecule has 2 nitrogen and oxygen atoms in total. The zero-order chi connectivity index (χ0) is 13.8. The summed E-state index contributed by atoms with van der Waals surface area (Å²) < 4.78 is 5.94. The summed E-state index contributed by atoms with van der Waals surface area (Å²) >= 11 is 5.96. The number of nitrogens with one attached hydrogen (secondary N) is 1. The fourth-order valence-electron chi connectivity index (χ4n) is 2.56. The summed E-state index contributed by atoms with van der Waals surface area (Å²) in [5.74, 6) is 0. The summed E-state index contributed by atoms with van der Waals surface area (Å²) in [5.41, 5.74) is 2.61. The zero-order valence-corrected chi connectivity index (χ0v) is 12.1. The molecule has 1 N–H and O–H groups in total. The molecule has 1 heterocycles. The fraction of sp³-hybridized carbons (Fsp3) is 0.294. The van der Waals surface area contributed by atoms with Crippen LogP contribution in [0.2, 0.25) is 5.02 Å². The number of hydrogen-bond donors (Lipinski definition) is 1. The van der Waals surface area contributed by atoms with Crippen LogP contribution in [0.3, 0.4) is 0 Å². The van der Waals surface area contributed by atoms with Gasteiger partial charge in [-0.05, 0) is 23.3 Å². The average Bonchev–Trinajstić information content (AvgIpc) is 2.44. The van der Waals surface area contributed by atoms with Gasteiger partial charge in [-0.15, -0.1) is 0 Å². The van der Waals surface area contributed by atoms with Gasteiger partial charge in [-0.25, -0.2) is 0 Å². The number of rotatable bonds is 5. The van der Waals surface area contributed by atoms with Crippen LogP contribution < -0.4 is 5.32 Å². The Morgan fingerprint density at radius 3 is 2.30 bits per heavy atom. The second-order valence-electron chi connectivity index (χ2n) is 5.37. The van der Waals surface area contributed by atoms with Gasteiger partial charge in [0.25, 0.3) is 0 Å². The molecule has 0 aromatic heterocycles. The first kappa shape index (κ1) is 13.6. The summed E-state index contributed by atoms with van der Waals surface area (Å²) in [5, 5.41) is 4.13. The first-order valence-electron chi connectivity index (χ1n) is 6.87. The van der Waals surface area contributed by atoms with Crippen molar-refractivity contribution in [1.29, 1.82) is 0 Å². The third kappa shape index (κ3) is 2.88. The maximum atomic E-state index is 5.96. The Bertz CT molecular complexity index is 549. The van der Waals surface area contributed by atoms with Crippen molar-refractivity contribution < 1.29 is 4.74 Å². The molecule has 0 atom stereocenters. The molecule has 0 aliphatic carbocycles. The maximum Gasteiger partial charge on any atom is 0.0717 e. The lowest BCUT2D eigenvalue weighted by Gasteiger charge is -2.43. The van der Waals surface area contributed by atoms with E-state index in [1.807, 2.05) is 30.3 Å². The molecule has 1 fully saturated rings. The zero-order valence-electron chi connectivity index (χ0n) is 11.3. The third-order valence-electron chi connectivity index (χ3n) is 3.87. The van der Waals surface area contributed by atoms with Crippen LogP contribution in [0.15, 0.2) is 54.6 Å². The van der Waals surface area contributed by atoms with Gasteiger partial charge in [0.2, 0.25) is 0 Å². The highest BCUT2D eigenvalue weighted by Crippen LogP contribution is 2.30. The molecule has 3 heteroatoms. The van der Waals surface area contributed by atoms with E-state index in [0.29, 0.717) is 6.61 Å². The lowest BCUT2D eigenvalue weighted by atomic mass is 9.76. The highest BCUT2D eigenvalue weighted by Gasteiger charge is 2.38. The second kappa shape index (κ2) is 5.96. The minimum absolute atomic E-state index is 0.0966. The van der Waals surface area contributed by atoms with Gasteiger partial charge < -0.3 is 10.1 Å². The van der Waals surface area contributed by atoms with Crippen LogP contribution >= 0.6 is 11.6 Å². The molecule has 2 aromatic rings. The van der Waals surface area contributed by atoms with Gasteiger partial charge in [0, 0.05) is 23.5 Å². The lowest BCUT2D eigenvalue weighted by Crippen LogP contribution is -2.59. The van der Waals surface area contributed by atoms with Crippen LogP contribution in [-0.2, 0) is 16.8 Å². The molecule has 0 unspecified atom stereocenters. The van der Waals surface area contributed by atoms with Gasteiger partial charge in [0.1, 0.15) is 0 Å². The molecule has 0 amide bonds. The van der Waals surface area contributed by atoms with E-state index in [2.05, 4.69) is 29.6 Å². The molecule has 2 aromatic carbocycles. The number of hydrogen-bond acceptors (Lipinski definition) is 2. The molecule has 3 rings (SSSR count). The molecule has 20 heavy (non-hydrogen) atoms. The largest absolute Gasteiger partial charge is 0.376 e. The molecule has 0 saturated carbocycles. The summed E-state index contributed by atoms with van der Waals surface area (Å²) in [7, 11) is 0. The van der Waals surface area contributed by atoms with Crippen LogP contribution in [0.5, 0.6) is 0 Å². The Labute approximate surface area is 124 Å². The van der Waals surface area contributed by atoms with Crippen molar-refractivity contribution in [3.8, 4) is 0 Å². The number of halogens is 1. The summed E-state index contributed by atoms with van der Waals surface area (Å²) in [6.07, 6.45) is 0. The second-order valence-corrected chi connectivity index (χ2v) is 5.81. The van der Waals surface area contributed by atoms with Crippen LogP contribution in [-0.4, -0.2) is 19.7 Å². The summed E-state index contributed by atoms with van der Waals surface area (Å²) in [6, 6.07) is 18.4. The van der Waals surface area contributed by atoms with Gasteiger partial charge in [0.15, 0.2) is 0 Å². The average molecular weight is 288 g/mol. The van der Waals surface area contributed by atoms with E-state index in [9.17, 15) is 0 Å². The Hall–Kier alpha value is -1.35. The van der Waals surface area contributed by atoms with Crippen molar-refractivity contribution in [3.63, 3.8) is 0 Å². The Kier molecular flexibility index (Phi) is 4.06. The fourth-order valence-corrected chi connectivity index (χ4v) is 2.68. The topological polar surface area (TPSA) is 21.3 Å². The maximum absolute atomic E-state index is 5.96. The van der Waals surface area contributed by atoms with Gasteiger partial charge in [-0.3, -0.25) is 0 Å². The predicted octanol–water partition coefficient (Wildman–Crippen LogP) is 3.40. The first-order chi connectivity index (χ1) is 9.78. The van der Waals surface area contributed by atoms with Crippen LogP contribution in [0, 0.1) is 0 Å². The molecular formula is C17H18ClNO. The van der Waals surface area contributed by atoms with E-state index in [-0.39, 0.29) is 5.41 Å². The van der Waals surface area contributed by atoms with Gasteiger partial charge in [-0.1, -0.05) is 54.1 Å². The number of benzene rings is 2. The Morgan fingerprint density at radius 2 is 1.70 bits per heavy atom. The minimum atomic E-state index is 0.0966. The van der Waals surface area contributed by atoms with Gasteiger partial charge >= 0.3 is 0 Å². The van der Waals surface area contributed by atoms with E-state index in [1.54, 1.807) is 0 Å². The quantitative estimate of drug-likeness (QED) is 0.910. The van der Waals surface area contributed by atoms with Crippen molar-refractivity contribution in [1.82, 2.24) is 5.32 Å². The predicted molar refractivity (Wildman–Crippen MR) is 82.1 cm³/mol. The van der Waals surface area contributed by atoms with Crippen LogP contribution in [0.1, 0.15) is 11.1 Å². The van der Waals surface area contributed by atoms with Crippen LogP contribution in [0.25, 0.3) is 0 Å². The summed E-state index contributed by atoms with van der Waals surface area (Å²) in [6.45, 7) is 3.32. The standard InChI is InChI=1S/C17H18ClNO/c18-16-8-6-15(7-9-16)17(11-19-12-17)13-20-10-14-4-2-1-3-5-14/h1-9,19H,10-13H2. The van der Waals surface area contributed by atoms with E-state index in [0.717, 1.165) is 24.7 Å². The first-order valence-corrected chi connectivity index (χ1v) is 7.25. The van der Waals surface area contributed by atoms with Crippen molar-refractivity contribution >= 4 is 11.6 Å². The molecule has 0 spiro atoms. The van der Waals surface area contributed by atoms with E-state index in [1.165, 1.54) is 11.1 Å². The van der Waals surface area contributed by atoms with Crippen molar-refractivity contribution in [2.75, 3.05) is 19.7 Å². The van der Waals surface area contributed by atoms with Crippen molar-refractivity contribution in [2.24, 2.45) is 0 Å². The molecule has 1 aliphatic rings. The molecule has 1 aliphatic heterocycles. The van der Waals surface area contributed by atoms with Gasteiger partial charge in [-0.2, -0.15) is 0 Å². The molecule has 0 bridgehead atoms. The van der Waals surface area contributed by atoms with E-state index >= 15 is 0 Å². The molecule has 0 radical (unpaired) electrons. The number of ether oxygens (including phenoxy) is 1. The highest BCUT2D eigenvalue weighted by molar-refractivity contribution is 6.30. The monoisotopic (exact) mass is 287 g/mol. The normalized spacial score (nSPS) is 16.6. The third-order valence-corrected chi connectivity index (χ3v) is 4.13. The van der Waals surface area contributed by atoms with Crippen molar-refractivity contribution in [2.45, 2.75) is 12.0 Å². The SMILES string of the molecule is Clc1ccc(C2(COCc3ccccc3)CNC2)cc1. The smallest absolute Gasteiger partial charge is 0.0717 e. The summed E-state index contributed by atoms with van der Waals surface area (Å²) in [4.78, 5) is 0. The molecule has 1 saturated heterocycles. The molecule has 104 valence electrons. The Morgan fingerprint density at radius 1 is 1.00 bits per heavy atom. The molecular weight excluding hydrogens is 270 g/mol. The lowest BCUT2D eigenvalue weighted by molar-refractivity contribution is 0.0472. The highest BCUT2D eigenvalue weighted by atomic mass is 35.5. The van der Waals surface area contributed by atoms with Crippen molar-refractivity contribution in [3.05, 3.63) is 70.7 Å². The van der Waals surface area contributed by atoms with E-state index in [4.69, 9.17) is 16.3 Å².